The van der Waals surface area contributed by atoms with Gasteiger partial charge in [-0.05, 0) is 44.2 Å². The molecule has 0 amide bonds. The Kier molecular flexibility index (Phi) is 3.52. The second-order valence-electron chi connectivity index (χ2n) is 4.87. The fourth-order valence-corrected chi connectivity index (χ4v) is 3.74. The predicted molar refractivity (Wildman–Crippen MR) is 79.0 cm³/mol. The second kappa shape index (κ2) is 5.30. The highest BCUT2D eigenvalue weighted by Gasteiger charge is 2.19. The lowest BCUT2D eigenvalue weighted by Gasteiger charge is -2.10. The van der Waals surface area contributed by atoms with Crippen LogP contribution < -0.4 is 16.6 Å². The second-order valence-corrected chi connectivity index (χ2v) is 5.98. The van der Waals surface area contributed by atoms with E-state index in [0.717, 1.165) is 36.0 Å². The highest BCUT2D eigenvalue weighted by Crippen LogP contribution is 2.33. The molecule has 0 atom stereocenters. The molecule has 0 spiro atoms. The molecule has 0 fully saturated rings. The van der Waals surface area contributed by atoms with Crippen LogP contribution in [-0.4, -0.2) is 23.1 Å². The fourth-order valence-electron chi connectivity index (χ4n) is 2.52. The first-order valence-electron chi connectivity index (χ1n) is 6.78. The highest BCUT2D eigenvalue weighted by atomic mass is 32.1. The molecule has 0 saturated heterocycles. The summed E-state index contributed by atoms with van der Waals surface area (Å²) >= 11 is 1.61. The van der Waals surface area contributed by atoms with E-state index in [0.29, 0.717) is 12.5 Å². The van der Waals surface area contributed by atoms with Crippen LogP contribution in [0.1, 0.15) is 29.7 Å². The van der Waals surface area contributed by atoms with Crippen molar-refractivity contribution in [2.24, 2.45) is 5.73 Å². The van der Waals surface area contributed by atoms with E-state index in [4.69, 9.17) is 5.73 Å². The number of aryl methyl sites for hydroxylation is 2. The van der Waals surface area contributed by atoms with Crippen molar-refractivity contribution in [3.8, 4) is 0 Å². The summed E-state index contributed by atoms with van der Waals surface area (Å²) in [5.74, 6) is 0.567. The predicted octanol–water partition coefficient (Wildman–Crippen LogP) is 1.62. The maximum Gasteiger partial charge on any atom is 0.270 e. The summed E-state index contributed by atoms with van der Waals surface area (Å²) in [5, 5.41) is 3.13. The molecule has 0 bridgehead atoms. The molecular formula is C13H18N4OS. The van der Waals surface area contributed by atoms with Crippen LogP contribution in [0.15, 0.2) is 4.79 Å². The van der Waals surface area contributed by atoms with E-state index in [2.05, 4.69) is 15.3 Å². The van der Waals surface area contributed by atoms with Crippen molar-refractivity contribution in [1.82, 2.24) is 9.97 Å². The molecule has 6 heteroatoms. The van der Waals surface area contributed by atoms with Gasteiger partial charge in [-0.3, -0.25) is 9.78 Å². The number of nitrogens with two attached hydrogens (primary N) is 1. The van der Waals surface area contributed by atoms with Crippen LogP contribution in [0.5, 0.6) is 0 Å². The third kappa shape index (κ3) is 2.37. The van der Waals surface area contributed by atoms with E-state index in [9.17, 15) is 4.79 Å². The van der Waals surface area contributed by atoms with Crippen molar-refractivity contribution in [1.29, 1.82) is 0 Å². The number of anilines is 1. The summed E-state index contributed by atoms with van der Waals surface area (Å²) in [7, 11) is 0. The Morgan fingerprint density at radius 1 is 1.37 bits per heavy atom. The topological polar surface area (TPSA) is 83.8 Å². The maximum atomic E-state index is 12.1. The quantitative estimate of drug-likeness (QED) is 0.742. The SMILES string of the molecule is NCCCNc1nc2c3c(sc2c(=O)[nH]1)CCCC3. The van der Waals surface area contributed by atoms with Gasteiger partial charge in [-0.25, -0.2) is 4.98 Å². The number of aromatic amines is 1. The minimum absolute atomic E-state index is 0.0281. The molecule has 2 aromatic rings. The summed E-state index contributed by atoms with van der Waals surface area (Å²) in [5.41, 5.74) is 7.62. The summed E-state index contributed by atoms with van der Waals surface area (Å²) in [6.45, 7) is 1.37. The first-order chi connectivity index (χ1) is 9.29. The van der Waals surface area contributed by atoms with Crippen molar-refractivity contribution in [2.75, 3.05) is 18.4 Å². The van der Waals surface area contributed by atoms with E-state index in [1.54, 1.807) is 11.3 Å². The van der Waals surface area contributed by atoms with Gasteiger partial charge in [0.25, 0.3) is 5.56 Å². The number of hydrogen-bond acceptors (Lipinski definition) is 5. The first-order valence-corrected chi connectivity index (χ1v) is 7.59. The molecule has 1 aliphatic rings. The van der Waals surface area contributed by atoms with Crippen LogP contribution in [0.3, 0.4) is 0 Å². The van der Waals surface area contributed by atoms with E-state index in [-0.39, 0.29) is 5.56 Å². The molecule has 2 aromatic heterocycles. The molecule has 19 heavy (non-hydrogen) atoms. The summed E-state index contributed by atoms with van der Waals surface area (Å²) in [4.78, 5) is 20.8. The standard InChI is InChI=1S/C13H18N4OS/c14-6-3-7-15-13-16-10-8-4-1-2-5-9(8)19-11(10)12(18)17-13/h1-7,14H2,(H2,15,16,17,18). The van der Waals surface area contributed by atoms with Crippen molar-refractivity contribution < 1.29 is 0 Å². The van der Waals surface area contributed by atoms with Crippen LogP contribution in [0.25, 0.3) is 10.2 Å². The van der Waals surface area contributed by atoms with Crippen molar-refractivity contribution >= 4 is 27.5 Å². The lowest BCUT2D eigenvalue weighted by molar-refractivity contribution is 0.699. The van der Waals surface area contributed by atoms with Gasteiger partial charge in [-0.1, -0.05) is 0 Å². The number of H-pyrrole nitrogens is 1. The van der Waals surface area contributed by atoms with Gasteiger partial charge in [0.1, 0.15) is 4.70 Å². The first kappa shape index (κ1) is 12.6. The van der Waals surface area contributed by atoms with E-state index < -0.39 is 0 Å². The van der Waals surface area contributed by atoms with Gasteiger partial charge in [0.2, 0.25) is 5.95 Å². The summed E-state index contributed by atoms with van der Waals surface area (Å²) in [6.07, 6.45) is 5.42. The molecule has 0 radical (unpaired) electrons. The van der Waals surface area contributed by atoms with Crippen LogP contribution in [0.2, 0.25) is 0 Å². The number of nitrogens with one attached hydrogen (secondary N) is 2. The number of nitrogens with zero attached hydrogens (tertiary/aromatic N) is 1. The maximum absolute atomic E-state index is 12.1. The zero-order valence-electron chi connectivity index (χ0n) is 10.8. The molecule has 0 aliphatic heterocycles. The molecule has 5 nitrogen and oxygen atoms in total. The lowest BCUT2D eigenvalue weighted by atomic mass is 9.98. The number of aromatic nitrogens is 2. The minimum Gasteiger partial charge on any atom is -0.356 e. The van der Waals surface area contributed by atoms with Crippen LogP contribution >= 0.6 is 11.3 Å². The Morgan fingerprint density at radius 3 is 3.05 bits per heavy atom. The van der Waals surface area contributed by atoms with Crippen molar-refractivity contribution in [2.45, 2.75) is 32.1 Å². The Balaban J connectivity index is 2.01. The normalized spacial score (nSPS) is 14.6. The number of hydrogen-bond donors (Lipinski definition) is 3. The van der Waals surface area contributed by atoms with Crippen LogP contribution in [0, 0.1) is 0 Å². The smallest absolute Gasteiger partial charge is 0.270 e. The van der Waals surface area contributed by atoms with E-state index >= 15 is 0 Å². The largest absolute Gasteiger partial charge is 0.356 e. The molecule has 0 unspecified atom stereocenters. The van der Waals surface area contributed by atoms with Gasteiger partial charge < -0.3 is 11.1 Å². The Morgan fingerprint density at radius 2 is 2.21 bits per heavy atom. The van der Waals surface area contributed by atoms with Gasteiger partial charge in [0.15, 0.2) is 0 Å². The van der Waals surface area contributed by atoms with Gasteiger partial charge in [0.05, 0.1) is 5.52 Å². The summed E-state index contributed by atoms with van der Waals surface area (Å²) in [6, 6.07) is 0. The van der Waals surface area contributed by atoms with E-state index in [1.165, 1.54) is 23.3 Å². The molecular weight excluding hydrogens is 260 g/mol. The molecule has 2 heterocycles. The average molecular weight is 278 g/mol. The third-order valence-corrected chi connectivity index (χ3v) is 4.76. The van der Waals surface area contributed by atoms with Gasteiger partial charge in [0, 0.05) is 11.4 Å². The Bertz CT molecular complexity index is 646. The third-order valence-electron chi connectivity index (χ3n) is 3.48. The van der Waals surface area contributed by atoms with Gasteiger partial charge in [-0.2, -0.15) is 0 Å². The molecule has 0 saturated carbocycles. The highest BCUT2D eigenvalue weighted by molar-refractivity contribution is 7.19. The Labute approximate surface area is 115 Å². The molecule has 0 aromatic carbocycles. The lowest BCUT2D eigenvalue weighted by Crippen LogP contribution is -2.15. The van der Waals surface area contributed by atoms with Crippen molar-refractivity contribution in [3.63, 3.8) is 0 Å². The minimum atomic E-state index is -0.0281. The van der Waals surface area contributed by atoms with Gasteiger partial charge in [-0.15, -0.1) is 11.3 Å². The number of fused-ring (bicyclic) bond motifs is 3. The molecule has 3 rings (SSSR count). The van der Waals surface area contributed by atoms with Gasteiger partial charge >= 0.3 is 0 Å². The molecule has 4 N–H and O–H groups in total. The Hall–Kier alpha value is -1.40. The molecule has 1 aliphatic carbocycles. The monoisotopic (exact) mass is 278 g/mol. The van der Waals surface area contributed by atoms with Crippen LogP contribution in [-0.2, 0) is 12.8 Å². The molecule has 102 valence electrons. The number of thiophene rings is 1. The zero-order chi connectivity index (χ0) is 13.2. The zero-order valence-corrected chi connectivity index (χ0v) is 11.6. The van der Waals surface area contributed by atoms with E-state index in [1.807, 2.05) is 0 Å². The van der Waals surface area contributed by atoms with Crippen molar-refractivity contribution in [3.05, 3.63) is 20.8 Å². The average Bonchev–Trinajstić information content (AvgIpc) is 2.79. The fraction of sp³-hybridized carbons (Fsp3) is 0.538. The number of rotatable bonds is 4. The summed E-state index contributed by atoms with van der Waals surface area (Å²) < 4.78 is 0.774. The van der Waals surface area contributed by atoms with Crippen LogP contribution in [0.4, 0.5) is 5.95 Å².